The molecular formula is C8H13NO. The summed E-state index contributed by atoms with van der Waals surface area (Å²) in [6, 6.07) is 0. The van der Waals surface area contributed by atoms with Gasteiger partial charge >= 0.3 is 0 Å². The predicted octanol–water partition coefficient (Wildman–Crippen LogP) is 1.96. The molecule has 0 saturated carbocycles. The third-order valence-corrected chi connectivity index (χ3v) is 0.987. The maximum Gasteiger partial charge on any atom is 0.147 e. The second-order valence-electron chi connectivity index (χ2n) is 2.11. The second-order valence-corrected chi connectivity index (χ2v) is 2.11. The fourth-order valence-electron chi connectivity index (χ4n) is 0.404. The Kier molecular flexibility index (Phi) is 5.63. The van der Waals surface area contributed by atoms with E-state index in [0.29, 0.717) is 5.57 Å². The zero-order valence-corrected chi connectivity index (χ0v) is 6.50. The molecule has 0 unspecified atom stereocenters. The number of unbranched alkanes of at least 4 members (excludes halogenated alkanes) is 1. The lowest BCUT2D eigenvalue weighted by atomic mass is 10.3. The molecule has 0 radical (unpaired) electrons. The smallest absolute Gasteiger partial charge is 0.147 e. The molecule has 0 bridgehead atoms. The van der Waals surface area contributed by atoms with E-state index in [1.807, 2.05) is 6.21 Å². The van der Waals surface area contributed by atoms with Crippen molar-refractivity contribution in [2.45, 2.75) is 26.7 Å². The van der Waals surface area contributed by atoms with Gasteiger partial charge in [-0.2, -0.15) is 0 Å². The molecule has 0 aliphatic carbocycles. The molecule has 0 spiro atoms. The van der Waals surface area contributed by atoms with Gasteiger partial charge in [-0.25, -0.2) is 0 Å². The summed E-state index contributed by atoms with van der Waals surface area (Å²) in [5.41, 5.74) is 0.660. The van der Waals surface area contributed by atoms with Crippen LogP contribution in [-0.2, 0) is 4.79 Å². The standard InChI is InChI=1S/C8H13NO/c1-3-4-5-9-6-8(2)7-10/h5-7H,3-4H2,1-2H3/b8-6+,9-5?. The van der Waals surface area contributed by atoms with Crippen LogP contribution < -0.4 is 0 Å². The summed E-state index contributed by atoms with van der Waals surface area (Å²) in [5.74, 6) is 0. The molecule has 56 valence electrons. The largest absolute Gasteiger partial charge is 0.298 e. The fourth-order valence-corrected chi connectivity index (χ4v) is 0.404. The van der Waals surface area contributed by atoms with Crippen molar-refractivity contribution >= 4 is 12.5 Å². The lowest BCUT2D eigenvalue weighted by molar-refractivity contribution is -0.104. The Balaban J connectivity index is 3.59. The van der Waals surface area contributed by atoms with Gasteiger partial charge in [0.05, 0.1) is 0 Å². The van der Waals surface area contributed by atoms with Crippen LogP contribution >= 0.6 is 0 Å². The summed E-state index contributed by atoms with van der Waals surface area (Å²) < 4.78 is 0. The van der Waals surface area contributed by atoms with Gasteiger partial charge in [0.2, 0.25) is 0 Å². The normalized spacial score (nSPS) is 12.4. The highest BCUT2D eigenvalue weighted by molar-refractivity contribution is 5.72. The van der Waals surface area contributed by atoms with E-state index < -0.39 is 0 Å². The first-order valence-corrected chi connectivity index (χ1v) is 3.44. The highest BCUT2D eigenvalue weighted by Crippen LogP contribution is 1.87. The number of allylic oxidation sites excluding steroid dienone is 1. The number of carbonyl (C=O) groups is 1. The molecule has 0 aromatic rings. The average molecular weight is 139 g/mol. The SMILES string of the molecule is CCCC=N/C=C(\C)C=O. The molecule has 10 heavy (non-hydrogen) atoms. The molecule has 0 rings (SSSR count). The van der Waals surface area contributed by atoms with Crippen LogP contribution in [0.15, 0.2) is 16.8 Å². The first kappa shape index (κ1) is 9.08. The lowest BCUT2D eigenvalue weighted by Crippen LogP contribution is -1.74. The molecule has 0 aliphatic heterocycles. The molecule has 0 aliphatic rings. The molecule has 0 saturated heterocycles. The number of aldehydes is 1. The van der Waals surface area contributed by atoms with Gasteiger partial charge in [-0.05, 0) is 13.3 Å². The number of carbonyl (C=O) groups excluding carboxylic acids is 1. The van der Waals surface area contributed by atoms with Crippen LogP contribution in [0.3, 0.4) is 0 Å². The molecule has 0 aromatic heterocycles. The van der Waals surface area contributed by atoms with Crippen molar-refractivity contribution in [3.05, 3.63) is 11.8 Å². The van der Waals surface area contributed by atoms with Gasteiger partial charge in [0, 0.05) is 18.0 Å². The van der Waals surface area contributed by atoms with Crippen molar-refractivity contribution in [2.24, 2.45) is 4.99 Å². The summed E-state index contributed by atoms with van der Waals surface area (Å²) in [6.07, 6.45) is 6.25. The third-order valence-electron chi connectivity index (χ3n) is 0.987. The molecular weight excluding hydrogens is 126 g/mol. The van der Waals surface area contributed by atoms with Gasteiger partial charge in [0.15, 0.2) is 0 Å². The molecule has 0 amide bonds. The van der Waals surface area contributed by atoms with E-state index in [-0.39, 0.29) is 0 Å². The highest BCUT2D eigenvalue weighted by atomic mass is 16.1. The van der Waals surface area contributed by atoms with Gasteiger partial charge in [0.25, 0.3) is 0 Å². The van der Waals surface area contributed by atoms with Crippen molar-refractivity contribution < 1.29 is 4.79 Å². The predicted molar refractivity (Wildman–Crippen MR) is 43.2 cm³/mol. The van der Waals surface area contributed by atoms with E-state index in [1.54, 1.807) is 13.1 Å². The van der Waals surface area contributed by atoms with Crippen LogP contribution in [0.2, 0.25) is 0 Å². The van der Waals surface area contributed by atoms with Gasteiger partial charge in [-0.15, -0.1) is 0 Å². The van der Waals surface area contributed by atoms with Crippen molar-refractivity contribution in [1.29, 1.82) is 0 Å². The van der Waals surface area contributed by atoms with Crippen molar-refractivity contribution in [2.75, 3.05) is 0 Å². The van der Waals surface area contributed by atoms with Crippen LogP contribution in [0.25, 0.3) is 0 Å². The van der Waals surface area contributed by atoms with Gasteiger partial charge < -0.3 is 0 Å². The number of rotatable bonds is 4. The van der Waals surface area contributed by atoms with Crippen LogP contribution in [-0.4, -0.2) is 12.5 Å². The van der Waals surface area contributed by atoms with E-state index in [0.717, 1.165) is 19.1 Å². The number of aliphatic imine (C=N–C) groups is 1. The van der Waals surface area contributed by atoms with E-state index in [2.05, 4.69) is 11.9 Å². The Morgan fingerprint density at radius 2 is 2.30 bits per heavy atom. The summed E-state index contributed by atoms with van der Waals surface area (Å²) >= 11 is 0. The Labute approximate surface area is 61.7 Å². The fraction of sp³-hybridized carbons (Fsp3) is 0.500. The second kappa shape index (κ2) is 6.20. The van der Waals surface area contributed by atoms with Crippen molar-refractivity contribution in [3.63, 3.8) is 0 Å². The molecule has 0 N–H and O–H groups in total. The third kappa shape index (κ3) is 5.22. The minimum atomic E-state index is 0.660. The maximum absolute atomic E-state index is 10.0. The monoisotopic (exact) mass is 139 g/mol. The van der Waals surface area contributed by atoms with Crippen molar-refractivity contribution in [3.8, 4) is 0 Å². The van der Waals surface area contributed by atoms with E-state index in [9.17, 15) is 4.79 Å². The first-order valence-electron chi connectivity index (χ1n) is 3.44. The topological polar surface area (TPSA) is 29.4 Å². The van der Waals surface area contributed by atoms with Crippen LogP contribution in [0.4, 0.5) is 0 Å². The first-order chi connectivity index (χ1) is 4.81. The van der Waals surface area contributed by atoms with Gasteiger partial charge in [-0.1, -0.05) is 13.3 Å². The summed E-state index contributed by atoms with van der Waals surface area (Å²) in [6.45, 7) is 3.82. The minimum Gasteiger partial charge on any atom is -0.298 e. The van der Waals surface area contributed by atoms with Crippen molar-refractivity contribution in [1.82, 2.24) is 0 Å². The summed E-state index contributed by atoms with van der Waals surface area (Å²) in [7, 11) is 0. The zero-order valence-electron chi connectivity index (χ0n) is 6.50. The molecule has 0 fully saturated rings. The maximum atomic E-state index is 10.0. The van der Waals surface area contributed by atoms with E-state index >= 15 is 0 Å². The highest BCUT2D eigenvalue weighted by Gasteiger charge is 1.78. The average Bonchev–Trinajstić information content (AvgIpc) is 1.98. The number of hydrogen-bond donors (Lipinski definition) is 0. The van der Waals surface area contributed by atoms with E-state index in [4.69, 9.17) is 0 Å². The quantitative estimate of drug-likeness (QED) is 0.332. The Hall–Kier alpha value is -0.920. The van der Waals surface area contributed by atoms with E-state index in [1.165, 1.54) is 0 Å². The summed E-state index contributed by atoms with van der Waals surface area (Å²) in [5, 5.41) is 0. The van der Waals surface area contributed by atoms with Gasteiger partial charge in [0.1, 0.15) is 6.29 Å². The lowest BCUT2D eigenvalue weighted by Gasteiger charge is -1.82. The van der Waals surface area contributed by atoms with Crippen LogP contribution in [0.5, 0.6) is 0 Å². The minimum absolute atomic E-state index is 0.660. The molecule has 0 aromatic carbocycles. The summed E-state index contributed by atoms with van der Waals surface area (Å²) in [4.78, 5) is 13.9. The number of nitrogens with zero attached hydrogens (tertiary/aromatic N) is 1. The molecule has 0 atom stereocenters. The van der Waals surface area contributed by atoms with Crippen LogP contribution in [0.1, 0.15) is 26.7 Å². The van der Waals surface area contributed by atoms with Gasteiger partial charge in [-0.3, -0.25) is 9.79 Å². The number of hydrogen-bond acceptors (Lipinski definition) is 2. The Morgan fingerprint density at radius 3 is 2.80 bits per heavy atom. The molecule has 2 nitrogen and oxygen atoms in total. The zero-order chi connectivity index (χ0) is 7.82. The Morgan fingerprint density at radius 1 is 1.60 bits per heavy atom. The Bertz CT molecular complexity index is 147. The molecule has 2 heteroatoms. The van der Waals surface area contributed by atoms with Crippen LogP contribution in [0, 0.1) is 0 Å². The molecule has 0 heterocycles.